The number of aromatic carboxylic acids is 1. The van der Waals surface area contributed by atoms with Gasteiger partial charge in [0.05, 0.1) is 22.3 Å². The maximum absolute atomic E-state index is 12.2. The van der Waals surface area contributed by atoms with E-state index in [9.17, 15) is 9.59 Å². The van der Waals surface area contributed by atoms with E-state index in [1.54, 1.807) is 6.92 Å². The van der Waals surface area contributed by atoms with E-state index in [2.05, 4.69) is 19.9 Å². The molecule has 2 aromatic heterocycles. The number of benzene rings is 1. The molecule has 2 heterocycles. The number of para-hydroxylation sites is 2. The van der Waals surface area contributed by atoms with Gasteiger partial charge in [0.25, 0.3) is 5.91 Å². The van der Waals surface area contributed by atoms with Crippen LogP contribution in [-0.2, 0) is 13.5 Å². The summed E-state index contributed by atoms with van der Waals surface area (Å²) in [7, 11) is 1.99. The fourth-order valence-electron chi connectivity index (χ4n) is 2.87. The van der Waals surface area contributed by atoms with Gasteiger partial charge in [-0.15, -0.1) is 0 Å². The van der Waals surface area contributed by atoms with Crippen LogP contribution in [0.15, 0.2) is 36.4 Å². The minimum absolute atomic E-state index is 0.100. The van der Waals surface area contributed by atoms with Crippen molar-refractivity contribution in [3.05, 3.63) is 59.2 Å². The van der Waals surface area contributed by atoms with Crippen LogP contribution in [0.1, 0.15) is 38.8 Å². The van der Waals surface area contributed by atoms with Crippen molar-refractivity contribution in [1.82, 2.24) is 19.9 Å². The first-order chi connectivity index (χ1) is 12.5. The lowest BCUT2D eigenvalue weighted by molar-refractivity contribution is 0.0694. The number of aromatic nitrogens is 3. The van der Waals surface area contributed by atoms with Gasteiger partial charge in [-0.1, -0.05) is 12.1 Å². The quantitative estimate of drug-likeness (QED) is 0.664. The Morgan fingerprint density at radius 1 is 1.15 bits per heavy atom. The second-order valence-corrected chi connectivity index (χ2v) is 6.07. The Balaban J connectivity index is 1.56. The van der Waals surface area contributed by atoms with Crippen LogP contribution in [0.4, 0.5) is 0 Å². The molecule has 2 N–H and O–H groups in total. The predicted octanol–water partition coefficient (Wildman–Crippen LogP) is 2.34. The number of aryl methyl sites for hydroxylation is 3. The van der Waals surface area contributed by atoms with Crippen molar-refractivity contribution < 1.29 is 14.7 Å². The Morgan fingerprint density at radius 3 is 2.62 bits per heavy atom. The average Bonchev–Trinajstić information content (AvgIpc) is 2.94. The Labute approximate surface area is 150 Å². The van der Waals surface area contributed by atoms with Crippen LogP contribution in [0.2, 0.25) is 0 Å². The van der Waals surface area contributed by atoms with E-state index in [1.807, 2.05) is 31.3 Å². The van der Waals surface area contributed by atoms with Crippen LogP contribution in [0.5, 0.6) is 0 Å². The molecule has 0 saturated carbocycles. The largest absolute Gasteiger partial charge is 0.478 e. The summed E-state index contributed by atoms with van der Waals surface area (Å²) >= 11 is 0. The lowest BCUT2D eigenvalue weighted by Crippen LogP contribution is -2.26. The third kappa shape index (κ3) is 3.56. The van der Waals surface area contributed by atoms with Crippen molar-refractivity contribution in [2.75, 3.05) is 6.54 Å². The zero-order valence-electron chi connectivity index (χ0n) is 14.7. The highest BCUT2D eigenvalue weighted by Crippen LogP contribution is 2.15. The summed E-state index contributed by atoms with van der Waals surface area (Å²) in [5.41, 5.74) is 2.69. The minimum Gasteiger partial charge on any atom is -0.478 e. The van der Waals surface area contributed by atoms with Crippen molar-refractivity contribution in [1.29, 1.82) is 0 Å². The highest BCUT2D eigenvalue weighted by Gasteiger charge is 2.13. The van der Waals surface area contributed by atoms with E-state index >= 15 is 0 Å². The second kappa shape index (κ2) is 7.35. The van der Waals surface area contributed by atoms with Gasteiger partial charge in [0.1, 0.15) is 11.5 Å². The van der Waals surface area contributed by atoms with Gasteiger partial charge in [-0.2, -0.15) is 0 Å². The molecule has 3 rings (SSSR count). The van der Waals surface area contributed by atoms with Gasteiger partial charge in [0.2, 0.25) is 0 Å². The number of carboxylic acids is 1. The topological polar surface area (TPSA) is 97.1 Å². The molecule has 7 nitrogen and oxygen atoms in total. The Morgan fingerprint density at radius 2 is 1.92 bits per heavy atom. The fourth-order valence-corrected chi connectivity index (χ4v) is 2.87. The molecule has 0 radical (unpaired) electrons. The van der Waals surface area contributed by atoms with Crippen molar-refractivity contribution in [3.8, 4) is 0 Å². The number of nitrogens with one attached hydrogen (secondary N) is 1. The molecule has 3 aromatic rings. The molecule has 26 heavy (non-hydrogen) atoms. The van der Waals surface area contributed by atoms with Gasteiger partial charge in [0, 0.05) is 20.0 Å². The van der Waals surface area contributed by atoms with Crippen LogP contribution in [0, 0.1) is 6.92 Å². The van der Waals surface area contributed by atoms with E-state index in [0.717, 1.165) is 29.7 Å². The SMILES string of the molecule is Cc1nc(C(=O)NCCCc2nc3ccccc3n2C)ccc1C(=O)O. The fraction of sp³-hybridized carbons (Fsp3) is 0.263. The molecule has 0 aliphatic heterocycles. The number of carbonyl (C=O) groups is 2. The van der Waals surface area contributed by atoms with Gasteiger partial charge in [-0.3, -0.25) is 4.79 Å². The highest BCUT2D eigenvalue weighted by atomic mass is 16.4. The Kier molecular flexibility index (Phi) is 4.97. The van der Waals surface area contributed by atoms with Gasteiger partial charge in [0.15, 0.2) is 0 Å². The summed E-state index contributed by atoms with van der Waals surface area (Å²) in [5.74, 6) is -0.389. The Bertz CT molecular complexity index is 978. The number of hydrogen-bond donors (Lipinski definition) is 2. The van der Waals surface area contributed by atoms with Crippen molar-refractivity contribution >= 4 is 22.9 Å². The summed E-state index contributed by atoms with van der Waals surface area (Å²) in [6.45, 7) is 2.06. The number of pyridine rings is 1. The molecule has 1 amide bonds. The number of amides is 1. The minimum atomic E-state index is -1.05. The predicted molar refractivity (Wildman–Crippen MR) is 97.3 cm³/mol. The molecule has 0 atom stereocenters. The number of nitrogens with zero attached hydrogens (tertiary/aromatic N) is 3. The van der Waals surface area contributed by atoms with E-state index in [-0.39, 0.29) is 17.2 Å². The highest BCUT2D eigenvalue weighted by molar-refractivity contribution is 5.94. The summed E-state index contributed by atoms with van der Waals surface area (Å²) < 4.78 is 2.06. The third-order valence-electron chi connectivity index (χ3n) is 4.29. The van der Waals surface area contributed by atoms with Gasteiger partial charge in [-0.25, -0.2) is 14.8 Å². The van der Waals surface area contributed by atoms with Gasteiger partial charge in [-0.05, 0) is 37.6 Å². The number of rotatable bonds is 6. The molecule has 0 aliphatic carbocycles. The van der Waals surface area contributed by atoms with Crippen molar-refractivity contribution in [2.24, 2.45) is 7.05 Å². The number of hydrogen-bond acceptors (Lipinski definition) is 4. The first kappa shape index (κ1) is 17.6. The molecular formula is C19H20N4O3. The molecule has 0 spiro atoms. The van der Waals surface area contributed by atoms with E-state index in [0.29, 0.717) is 12.2 Å². The molecule has 134 valence electrons. The zero-order chi connectivity index (χ0) is 18.7. The third-order valence-corrected chi connectivity index (χ3v) is 4.29. The first-order valence-corrected chi connectivity index (χ1v) is 8.37. The van der Waals surface area contributed by atoms with Gasteiger partial charge < -0.3 is 15.0 Å². The summed E-state index contributed by atoms with van der Waals surface area (Å²) in [6, 6.07) is 10.8. The maximum Gasteiger partial charge on any atom is 0.337 e. The average molecular weight is 352 g/mol. The smallest absolute Gasteiger partial charge is 0.337 e. The monoisotopic (exact) mass is 352 g/mol. The van der Waals surface area contributed by atoms with Crippen molar-refractivity contribution in [2.45, 2.75) is 19.8 Å². The second-order valence-electron chi connectivity index (χ2n) is 6.07. The molecule has 0 saturated heterocycles. The lowest BCUT2D eigenvalue weighted by atomic mass is 10.2. The molecule has 0 aliphatic rings. The Hall–Kier alpha value is -3.22. The summed E-state index contributed by atoms with van der Waals surface area (Å²) in [4.78, 5) is 31.8. The van der Waals surface area contributed by atoms with E-state index in [1.165, 1.54) is 12.1 Å². The molecule has 0 bridgehead atoms. The lowest BCUT2D eigenvalue weighted by Gasteiger charge is -2.07. The van der Waals surface area contributed by atoms with E-state index < -0.39 is 5.97 Å². The normalized spacial score (nSPS) is 10.8. The first-order valence-electron chi connectivity index (χ1n) is 8.37. The van der Waals surface area contributed by atoms with E-state index in [4.69, 9.17) is 5.11 Å². The number of imidazole rings is 1. The van der Waals surface area contributed by atoms with Crippen LogP contribution in [0.25, 0.3) is 11.0 Å². The van der Waals surface area contributed by atoms with Crippen LogP contribution >= 0.6 is 0 Å². The van der Waals surface area contributed by atoms with Crippen LogP contribution in [0.3, 0.4) is 0 Å². The zero-order valence-corrected chi connectivity index (χ0v) is 14.7. The summed E-state index contributed by atoms with van der Waals surface area (Å²) in [6.07, 6.45) is 1.49. The van der Waals surface area contributed by atoms with Crippen LogP contribution < -0.4 is 5.32 Å². The number of fused-ring (bicyclic) bond motifs is 1. The molecule has 0 unspecified atom stereocenters. The van der Waals surface area contributed by atoms with Crippen LogP contribution in [-0.4, -0.2) is 38.1 Å². The van der Waals surface area contributed by atoms with Crippen molar-refractivity contribution in [3.63, 3.8) is 0 Å². The number of carboxylic acid groups (broad SMARTS) is 1. The molecular weight excluding hydrogens is 332 g/mol. The standard InChI is InChI=1S/C19H20N4O3/c1-12-13(19(25)26)9-10-15(21-12)18(24)20-11-5-8-17-22-14-6-3-4-7-16(14)23(17)2/h3-4,6-7,9-10H,5,8,11H2,1-2H3,(H,20,24)(H,25,26). The maximum atomic E-state index is 12.2. The number of carbonyl (C=O) groups excluding carboxylic acids is 1. The van der Waals surface area contributed by atoms with Gasteiger partial charge >= 0.3 is 5.97 Å². The molecule has 1 aromatic carbocycles. The summed E-state index contributed by atoms with van der Waals surface area (Å²) in [5, 5.41) is 11.8. The molecule has 0 fully saturated rings. The molecule has 7 heteroatoms.